The first-order chi connectivity index (χ1) is 6.32. The summed E-state index contributed by atoms with van der Waals surface area (Å²) in [6.07, 6.45) is 4.56. The minimum Gasteiger partial charge on any atom is -0.390 e. The van der Waals surface area contributed by atoms with Gasteiger partial charge in [-0.05, 0) is 49.9 Å². The summed E-state index contributed by atoms with van der Waals surface area (Å²) in [4.78, 5) is 0. The fourth-order valence-corrected chi connectivity index (χ4v) is 2.77. The van der Waals surface area contributed by atoms with Crippen LogP contribution in [0.1, 0.15) is 60.3 Å². The third-order valence-corrected chi connectivity index (χ3v) is 4.71. The molecule has 1 saturated carbocycles. The molecule has 1 fully saturated rings. The van der Waals surface area contributed by atoms with Crippen molar-refractivity contribution in [1.29, 1.82) is 0 Å². The molecule has 1 rings (SSSR count). The Labute approximate surface area is 88.9 Å². The highest BCUT2D eigenvalue weighted by molar-refractivity contribution is 4.98. The zero-order valence-electron chi connectivity index (χ0n) is 10.4. The molecule has 1 N–H and O–H groups in total. The van der Waals surface area contributed by atoms with Crippen molar-refractivity contribution in [1.82, 2.24) is 0 Å². The maximum atomic E-state index is 10.4. The third-order valence-electron chi connectivity index (χ3n) is 4.71. The van der Waals surface area contributed by atoms with E-state index in [9.17, 15) is 5.11 Å². The van der Waals surface area contributed by atoms with Crippen LogP contribution in [0.15, 0.2) is 0 Å². The highest BCUT2D eigenvalue weighted by Gasteiger charge is 2.47. The summed E-state index contributed by atoms with van der Waals surface area (Å²) < 4.78 is 0. The topological polar surface area (TPSA) is 20.2 Å². The van der Waals surface area contributed by atoms with Crippen LogP contribution in [0.3, 0.4) is 0 Å². The minimum absolute atomic E-state index is 0.149. The van der Waals surface area contributed by atoms with E-state index in [0.29, 0.717) is 0 Å². The zero-order valence-corrected chi connectivity index (χ0v) is 10.4. The van der Waals surface area contributed by atoms with Gasteiger partial charge in [-0.2, -0.15) is 0 Å². The summed E-state index contributed by atoms with van der Waals surface area (Å²) in [5, 5.41) is 10.4. The van der Waals surface area contributed by atoms with Gasteiger partial charge in [0.05, 0.1) is 5.60 Å². The lowest BCUT2D eigenvalue weighted by molar-refractivity contribution is -0.0633. The molecule has 0 amide bonds. The van der Waals surface area contributed by atoms with E-state index in [1.54, 1.807) is 0 Å². The molecule has 0 radical (unpaired) electrons. The van der Waals surface area contributed by atoms with Gasteiger partial charge in [0.15, 0.2) is 0 Å². The van der Waals surface area contributed by atoms with E-state index in [4.69, 9.17) is 0 Å². The standard InChI is InChI=1S/C13H26O/c1-6-13(5,14)12(4)8-7-11(9-12)10(2)3/h10-11,14H,6-9H2,1-5H3/t11?,12-,13?/m0/s1. The lowest BCUT2D eigenvalue weighted by Gasteiger charge is -2.40. The molecule has 0 aliphatic heterocycles. The van der Waals surface area contributed by atoms with Crippen LogP contribution in [0.5, 0.6) is 0 Å². The van der Waals surface area contributed by atoms with Crippen molar-refractivity contribution in [3.05, 3.63) is 0 Å². The number of hydrogen-bond donors (Lipinski definition) is 1. The lowest BCUT2D eigenvalue weighted by Crippen LogP contribution is -2.41. The van der Waals surface area contributed by atoms with Crippen LogP contribution < -0.4 is 0 Å². The van der Waals surface area contributed by atoms with Crippen LogP contribution in [0.2, 0.25) is 0 Å². The Morgan fingerprint density at radius 3 is 2.43 bits per heavy atom. The van der Waals surface area contributed by atoms with Crippen molar-refractivity contribution in [2.75, 3.05) is 0 Å². The summed E-state index contributed by atoms with van der Waals surface area (Å²) in [5.41, 5.74) is -0.326. The summed E-state index contributed by atoms with van der Waals surface area (Å²) in [5.74, 6) is 1.59. The average molecular weight is 198 g/mol. The molecule has 1 aliphatic rings. The predicted octanol–water partition coefficient (Wildman–Crippen LogP) is 3.61. The van der Waals surface area contributed by atoms with Gasteiger partial charge in [0.25, 0.3) is 0 Å². The number of rotatable bonds is 3. The number of hydrogen-bond acceptors (Lipinski definition) is 1. The van der Waals surface area contributed by atoms with Gasteiger partial charge in [-0.25, -0.2) is 0 Å². The van der Waals surface area contributed by atoms with Crippen molar-refractivity contribution in [2.24, 2.45) is 17.3 Å². The molecule has 1 heteroatoms. The Morgan fingerprint density at radius 1 is 1.50 bits per heavy atom. The molecule has 1 nitrogen and oxygen atoms in total. The fourth-order valence-electron chi connectivity index (χ4n) is 2.77. The Balaban J connectivity index is 2.71. The van der Waals surface area contributed by atoms with Gasteiger partial charge in [-0.3, -0.25) is 0 Å². The van der Waals surface area contributed by atoms with Crippen LogP contribution in [0.4, 0.5) is 0 Å². The van der Waals surface area contributed by atoms with Crippen molar-refractivity contribution in [2.45, 2.75) is 65.9 Å². The second-order valence-corrected chi connectivity index (χ2v) is 5.93. The van der Waals surface area contributed by atoms with E-state index >= 15 is 0 Å². The first kappa shape index (κ1) is 12.0. The smallest absolute Gasteiger partial charge is 0.0670 e. The molecular formula is C13H26O. The second kappa shape index (κ2) is 3.84. The van der Waals surface area contributed by atoms with Crippen LogP contribution in [0.25, 0.3) is 0 Å². The van der Waals surface area contributed by atoms with E-state index in [1.807, 2.05) is 6.92 Å². The van der Waals surface area contributed by atoms with Gasteiger partial charge < -0.3 is 5.11 Å². The molecule has 14 heavy (non-hydrogen) atoms. The first-order valence-corrected chi connectivity index (χ1v) is 6.05. The van der Waals surface area contributed by atoms with Gasteiger partial charge in [0.2, 0.25) is 0 Å². The van der Waals surface area contributed by atoms with Crippen molar-refractivity contribution in [3.63, 3.8) is 0 Å². The monoisotopic (exact) mass is 198 g/mol. The quantitative estimate of drug-likeness (QED) is 0.734. The first-order valence-electron chi connectivity index (χ1n) is 6.05. The molecule has 1 aliphatic carbocycles. The van der Waals surface area contributed by atoms with Crippen LogP contribution in [-0.2, 0) is 0 Å². The summed E-state index contributed by atoms with van der Waals surface area (Å²) in [7, 11) is 0. The largest absolute Gasteiger partial charge is 0.390 e. The van der Waals surface area contributed by atoms with Crippen molar-refractivity contribution < 1.29 is 5.11 Å². The molecule has 0 heterocycles. The SMILES string of the molecule is CCC(C)(O)[C@@]1(C)CCC(C(C)C)C1. The van der Waals surface area contributed by atoms with Crippen LogP contribution >= 0.6 is 0 Å². The average Bonchev–Trinajstić information content (AvgIpc) is 2.50. The normalized spacial score (nSPS) is 37.5. The summed E-state index contributed by atoms with van der Waals surface area (Å²) >= 11 is 0. The molecule has 2 unspecified atom stereocenters. The Hall–Kier alpha value is -0.0400. The van der Waals surface area contributed by atoms with Gasteiger partial charge in [0, 0.05) is 0 Å². The second-order valence-electron chi connectivity index (χ2n) is 5.93. The molecule has 0 bridgehead atoms. The molecule has 0 saturated heterocycles. The molecule has 0 aromatic heterocycles. The van der Waals surface area contributed by atoms with Crippen LogP contribution in [-0.4, -0.2) is 10.7 Å². The summed E-state index contributed by atoms with van der Waals surface area (Å²) in [6, 6.07) is 0. The van der Waals surface area contributed by atoms with E-state index < -0.39 is 5.60 Å². The molecular weight excluding hydrogens is 172 g/mol. The van der Waals surface area contributed by atoms with Gasteiger partial charge in [-0.1, -0.05) is 27.7 Å². The molecule has 3 atom stereocenters. The van der Waals surface area contributed by atoms with E-state index in [1.165, 1.54) is 19.3 Å². The summed E-state index contributed by atoms with van der Waals surface area (Å²) in [6.45, 7) is 11.0. The van der Waals surface area contributed by atoms with Crippen molar-refractivity contribution >= 4 is 0 Å². The van der Waals surface area contributed by atoms with Gasteiger partial charge >= 0.3 is 0 Å². The van der Waals surface area contributed by atoms with E-state index in [-0.39, 0.29) is 5.41 Å². The highest BCUT2D eigenvalue weighted by Crippen LogP contribution is 2.51. The van der Waals surface area contributed by atoms with Crippen molar-refractivity contribution in [3.8, 4) is 0 Å². The zero-order chi connectivity index (χ0) is 11.0. The number of aliphatic hydroxyl groups is 1. The van der Waals surface area contributed by atoms with E-state index in [2.05, 4.69) is 27.7 Å². The lowest BCUT2D eigenvalue weighted by atomic mass is 9.70. The van der Waals surface area contributed by atoms with Gasteiger partial charge in [-0.15, -0.1) is 0 Å². The maximum absolute atomic E-state index is 10.4. The Morgan fingerprint density at radius 2 is 2.07 bits per heavy atom. The molecule has 84 valence electrons. The third kappa shape index (κ3) is 1.98. The molecule has 0 aromatic rings. The van der Waals surface area contributed by atoms with E-state index in [0.717, 1.165) is 18.3 Å². The van der Waals surface area contributed by atoms with Gasteiger partial charge in [0.1, 0.15) is 0 Å². The fraction of sp³-hybridized carbons (Fsp3) is 1.00. The Bertz CT molecular complexity index is 195. The maximum Gasteiger partial charge on any atom is 0.0670 e. The molecule has 0 spiro atoms. The predicted molar refractivity (Wildman–Crippen MR) is 61.2 cm³/mol. The van der Waals surface area contributed by atoms with Crippen LogP contribution in [0, 0.1) is 17.3 Å². The molecule has 0 aromatic carbocycles. The highest BCUT2D eigenvalue weighted by atomic mass is 16.3. The Kier molecular flexibility index (Phi) is 3.30. The minimum atomic E-state index is -0.476.